The minimum Gasteiger partial charge on any atom is -0.506 e. The van der Waals surface area contributed by atoms with E-state index >= 15 is 0 Å². The third-order valence-electron chi connectivity index (χ3n) is 3.78. The fourth-order valence-electron chi connectivity index (χ4n) is 2.38. The van der Waals surface area contributed by atoms with Crippen LogP contribution in [0.4, 0.5) is 5.69 Å². The van der Waals surface area contributed by atoms with Crippen molar-refractivity contribution in [3.63, 3.8) is 0 Å². The number of halogens is 1. The van der Waals surface area contributed by atoms with E-state index in [1.807, 2.05) is 0 Å². The molecule has 0 aromatic heterocycles. The molecule has 0 radical (unpaired) electrons. The van der Waals surface area contributed by atoms with Crippen LogP contribution in [0.1, 0.15) is 13.8 Å². The zero-order valence-electron chi connectivity index (χ0n) is 15.0. The number of hydrogen-bond donors (Lipinski definition) is 2. The lowest BCUT2D eigenvalue weighted by molar-refractivity contribution is -0.118. The van der Waals surface area contributed by atoms with Gasteiger partial charge in [-0.2, -0.15) is 4.31 Å². The van der Waals surface area contributed by atoms with E-state index in [-0.39, 0.29) is 22.9 Å². The predicted molar refractivity (Wildman–Crippen MR) is 104 cm³/mol. The molecule has 2 aromatic rings. The largest absolute Gasteiger partial charge is 0.506 e. The van der Waals surface area contributed by atoms with Gasteiger partial charge in [0.05, 0.1) is 15.6 Å². The van der Waals surface area contributed by atoms with Crippen molar-refractivity contribution >= 4 is 33.2 Å². The van der Waals surface area contributed by atoms with Crippen molar-refractivity contribution in [1.82, 2.24) is 4.31 Å². The van der Waals surface area contributed by atoms with E-state index in [1.165, 1.54) is 22.5 Å². The highest BCUT2D eigenvalue weighted by Crippen LogP contribution is 2.28. The van der Waals surface area contributed by atoms with Crippen LogP contribution in [0.25, 0.3) is 0 Å². The Balaban J connectivity index is 2.14. The van der Waals surface area contributed by atoms with Crippen molar-refractivity contribution in [2.24, 2.45) is 0 Å². The number of nitrogens with one attached hydrogen (secondary N) is 1. The lowest BCUT2D eigenvalue weighted by atomic mass is 10.3. The number of amides is 1. The maximum absolute atomic E-state index is 12.6. The molecular formula is C18H21ClN2O5S. The number of hydrogen-bond acceptors (Lipinski definition) is 5. The summed E-state index contributed by atoms with van der Waals surface area (Å²) in [5.74, 6) is -0.474. The number of carbonyl (C=O) groups is 1. The summed E-state index contributed by atoms with van der Waals surface area (Å²) in [5.41, 5.74) is -0.0176. The number of phenols is 1. The molecule has 27 heavy (non-hydrogen) atoms. The van der Waals surface area contributed by atoms with Crippen molar-refractivity contribution in [3.05, 3.63) is 47.5 Å². The Labute approximate surface area is 163 Å². The second kappa shape index (κ2) is 9.07. The zero-order chi connectivity index (χ0) is 20.0. The molecule has 146 valence electrons. The third kappa shape index (κ3) is 5.12. The summed E-state index contributed by atoms with van der Waals surface area (Å²) in [6, 6.07) is 10.4. The molecule has 1 amide bonds. The molecule has 0 saturated heterocycles. The first-order valence-electron chi connectivity index (χ1n) is 8.30. The SMILES string of the molecule is CCN(CC)S(=O)(=O)c1ccc(O)c(NC(=O)COc2ccccc2Cl)c1. The van der Waals surface area contributed by atoms with Gasteiger partial charge in [0.1, 0.15) is 11.5 Å². The molecule has 0 aliphatic carbocycles. The van der Waals surface area contributed by atoms with Crippen molar-refractivity contribution in [2.75, 3.05) is 25.0 Å². The number of anilines is 1. The van der Waals surface area contributed by atoms with Crippen LogP contribution in [0.15, 0.2) is 47.4 Å². The number of aromatic hydroxyl groups is 1. The molecular weight excluding hydrogens is 392 g/mol. The van der Waals surface area contributed by atoms with Crippen LogP contribution in [0.5, 0.6) is 11.5 Å². The van der Waals surface area contributed by atoms with Gasteiger partial charge in [-0.3, -0.25) is 4.79 Å². The van der Waals surface area contributed by atoms with Crippen molar-refractivity contribution in [2.45, 2.75) is 18.7 Å². The van der Waals surface area contributed by atoms with Crippen LogP contribution < -0.4 is 10.1 Å². The Hall–Kier alpha value is -2.29. The number of phenolic OH excluding ortho intramolecular Hbond substituents is 1. The number of carbonyl (C=O) groups excluding carboxylic acids is 1. The van der Waals surface area contributed by atoms with Crippen LogP contribution >= 0.6 is 11.6 Å². The maximum atomic E-state index is 12.6. The van der Waals surface area contributed by atoms with Gasteiger partial charge in [-0.15, -0.1) is 0 Å². The summed E-state index contributed by atoms with van der Waals surface area (Å²) in [4.78, 5) is 12.1. The quantitative estimate of drug-likeness (QED) is 0.649. The summed E-state index contributed by atoms with van der Waals surface area (Å²) in [6.07, 6.45) is 0. The lowest BCUT2D eigenvalue weighted by Crippen LogP contribution is -2.30. The molecule has 2 aromatic carbocycles. The van der Waals surface area contributed by atoms with E-state index < -0.39 is 15.9 Å². The molecule has 0 unspecified atom stereocenters. The molecule has 0 saturated carbocycles. The van der Waals surface area contributed by atoms with Crippen LogP contribution in [0.2, 0.25) is 5.02 Å². The van der Waals surface area contributed by atoms with Crippen LogP contribution in [-0.4, -0.2) is 43.4 Å². The molecule has 2 N–H and O–H groups in total. The average molecular weight is 413 g/mol. The van der Waals surface area contributed by atoms with Gasteiger partial charge in [0, 0.05) is 13.1 Å². The zero-order valence-corrected chi connectivity index (χ0v) is 16.5. The minimum atomic E-state index is -3.71. The number of ether oxygens (including phenoxy) is 1. The van der Waals surface area contributed by atoms with Gasteiger partial charge >= 0.3 is 0 Å². The van der Waals surface area contributed by atoms with E-state index in [9.17, 15) is 18.3 Å². The van der Waals surface area contributed by atoms with Crippen LogP contribution in [0.3, 0.4) is 0 Å². The Morgan fingerprint density at radius 2 is 1.85 bits per heavy atom. The highest BCUT2D eigenvalue weighted by atomic mass is 35.5. The van der Waals surface area contributed by atoms with Gasteiger partial charge in [0.15, 0.2) is 6.61 Å². The van der Waals surface area contributed by atoms with Crippen molar-refractivity contribution in [3.8, 4) is 11.5 Å². The number of sulfonamides is 1. The normalized spacial score (nSPS) is 11.4. The Morgan fingerprint density at radius 1 is 1.19 bits per heavy atom. The Morgan fingerprint density at radius 3 is 2.48 bits per heavy atom. The summed E-state index contributed by atoms with van der Waals surface area (Å²) in [5, 5.41) is 12.8. The van der Waals surface area contributed by atoms with Crippen molar-refractivity contribution in [1.29, 1.82) is 0 Å². The molecule has 2 rings (SSSR count). The van der Waals surface area contributed by atoms with E-state index in [0.29, 0.717) is 23.9 Å². The molecule has 7 nitrogen and oxygen atoms in total. The first-order chi connectivity index (χ1) is 12.8. The smallest absolute Gasteiger partial charge is 0.262 e. The van der Waals surface area contributed by atoms with E-state index in [0.717, 1.165) is 0 Å². The summed E-state index contributed by atoms with van der Waals surface area (Å²) in [7, 11) is -3.71. The summed E-state index contributed by atoms with van der Waals surface area (Å²) >= 11 is 5.95. The van der Waals surface area contributed by atoms with Crippen molar-refractivity contribution < 1.29 is 23.1 Å². The van der Waals surface area contributed by atoms with E-state index in [1.54, 1.807) is 38.1 Å². The third-order valence-corrected chi connectivity index (χ3v) is 6.14. The average Bonchev–Trinajstić information content (AvgIpc) is 2.63. The van der Waals surface area contributed by atoms with Gasteiger partial charge in [0.25, 0.3) is 5.91 Å². The van der Waals surface area contributed by atoms with Crippen LogP contribution in [0, 0.1) is 0 Å². The van der Waals surface area contributed by atoms with Gasteiger partial charge in [0.2, 0.25) is 10.0 Å². The van der Waals surface area contributed by atoms with Crippen LogP contribution in [-0.2, 0) is 14.8 Å². The molecule has 0 aliphatic heterocycles. The molecule has 0 spiro atoms. The topological polar surface area (TPSA) is 95.9 Å². The maximum Gasteiger partial charge on any atom is 0.262 e. The number of para-hydroxylation sites is 1. The number of rotatable bonds is 8. The number of nitrogens with zero attached hydrogens (tertiary/aromatic N) is 1. The Bertz CT molecular complexity index is 914. The molecule has 0 fully saturated rings. The summed E-state index contributed by atoms with van der Waals surface area (Å²) < 4.78 is 31.8. The summed E-state index contributed by atoms with van der Waals surface area (Å²) in [6.45, 7) is 3.74. The molecule has 0 aliphatic rings. The van der Waals surface area contributed by atoms with Gasteiger partial charge in [-0.25, -0.2) is 8.42 Å². The van der Waals surface area contributed by atoms with Gasteiger partial charge in [-0.1, -0.05) is 37.6 Å². The van der Waals surface area contributed by atoms with Gasteiger partial charge in [-0.05, 0) is 30.3 Å². The standard InChI is InChI=1S/C18H21ClN2O5S/c1-3-21(4-2)27(24,25)13-9-10-16(22)15(11-13)20-18(23)12-26-17-8-6-5-7-14(17)19/h5-11,22H,3-4,12H2,1-2H3,(H,20,23). The fourth-order valence-corrected chi connectivity index (χ4v) is 4.05. The second-order valence-electron chi connectivity index (χ2n) is 5.54. The van der Waals surface area contributed by atoms with E-state index in [2.05, 4.69) is 5.32 Å². The second-order valence-corrected chi connectivity index (χ2v) is 7.88. The fraction of sp³-hybridized carbons (Fsp3) is 0.278. The first-order valence-corrected chi connectivity index (χ1v) is 10.1. The molecule has 9 heteroatoms. The molecule has 0 heterocycles. The van der Waals surface area contributed by atoms with Gasteiger partial charge < -0.3 is 15.2 Å². The monoisotopic (exact) mass is 412 g/mol. The predicted octanol–water partition coefficient (Wildman–Crippen LogP) is 3.09. The lowest BCUT2D eigenvalue weighted by Gasteiger charge is -2.19. The molecule has 0 bridgehead atoms. The van der Waals surface area contributed by atoms with E-state index in [4.69, 9.17) is 16.3 Å². The highest BCUT2D eigenvalue weighted by molar-refractivity contribution is 7.89. The Kier molecular flexibility index (Phi) is 7.06. The number of benzene rings is 2. The highest BCUT2D eigenvalue weighted by Gasteiger charge is 2.23. The first kappa shape index (κ1) is 21.0. The minimum absolute atomic E-state index is 0.0176. The molecule has 0 atom stereocenters.